The van der Waals surface area contributed by atoms with Gasteiger partial charge in [0, 0.05) is 21.5 Å². The predicted molar refractivity (Wildman–Crippen MR) is 126 cm³/mol. The number of hydrogen-bond acceptors (Lipinski definition) is 5. The summed E-state index contributed by atoms with van der Waals surface area (Å²) in [5.74, 6) is 0.122. The van der Waals surface area contributed by atoms with Crippen molar-refractivity contribution in [1.82, 2.24) is 9.58 Å². The molecule has 3 aromatic rings. The number of benzene rings is 1. The molecule has 2 aromatic heterocycles. The van der Waals surface area contributed by atoms with E-state index in [0.29, 0.717) is 16.0 Å². The van der Waals surface area contributed by atoms with Gasteiger partial charge in [-0.2, -0.15) is 15.1 Å². The van der Waals surface area contributed by atoms with Gasteiger partial charge in [0.2, 0.25) is 5.17 Å². The zero-order valence-corrected chi connectivity index (χ0v) is 19.0. The molecule has 0 aliphatic carbocycles. The molecule has 154 valence electrons. The third-order valence-electron chi connectivity index (χ3n) is 5.04. The molecule has 0 bridgehead atoms. The Balaban J connectivity index is 1.52. The van der Waals surface area contributed by atoms with E-state index < -0.39 is 5.91 Å². The molecule has 0 unspecified atom stereocenters. The lowest BCUT2D eigenvalue weighted by Crippen LogP contribution is -2.35. The zero-order chi connectivity index (χ0) is 21.7. The molecule has 0 atom stereocenters. The van der Waals surface area contributed by atoms with Crippen LogP contribution in [0.5, 0.6) is 0 Å². The molecule has 4 heterocycles. The summed E-state index contributed by atoms with van der Waals surface area (Å²) in [6, 6.07) is 13.6. The maximum atomic E-state index is 12.7. The molecule has 0 radical (unpaired) electrons. The van der Waals surface area contributed by atoms with Gasteiger partial charge in [0.05, 0.1) is 11.8 Å². The van der Waals surface area contributed by atoms with E-state index in [1.807, 2.05) is 44.2 Å². The van der Waals surface area contributed by atoms with Crippen LogP contribution in [0.3, 0.4) is 0 Å². The average Bonchev–Trinajstić information content (AvgIpc) is 3.46. The van der Waals surface area contributed by atoms with Crippen molar-refractivity contribution in [1.29, 1.82) is 5.41 Å². The van der Waals surface area contributed by atoms with Crippen molar-refractivity contribution < 1.29 is 9.21 Å². The molecule has 0 spiro atoms. The standard InChI is InChI=1S/C22H16BrN5O2S/c1-12-10-14(13(2)27(12)16-7-5-15(23)6-8-16)11-17-19(24)28-22(25-20(17)29)31-21(26-28)18-4-3-9-30-18/h3-11,24H,1-2H3. The van der Waals surface area contributed by atoms with Crippen LogP contribution in [0.1, 0.15) is 22.7 Å². The summed E-state index contributed by atoms with van der Waals surface area (Å²) in [6.07, 6.45) is 3.27. The highest BCUT2D eigenvalue weighted by molar-refractivity contribution is 9.10. The summed E-state index contributed by atoms with van der Waals surface area (Å²) in [7, 11) is 0. The molecular weight excluding hydrogens is 478 g/mol. The lowest BCUT2D eigenvalue weighted by atomic mass is 10.1. The number of carbonyl (C=O) groups excluding carboxylic acids is 1. The molecule has 1 N–H and O–H groups in total. The number of amidine groups is 2. The molecule has 1 amide bonds. The first-order chi connectivity index (χ1) is 14.9. The van der Waals surface area contributed by atoms with Crippen LogP contribution in [0.25, 0.3) is 11.8 Å². The van der Waals surface area contributed by atoms with Gasteiger partial charge in [0.15, 0.2) is 16.6 Å². The first-order valence-electron chi connectivity index (χ1n) is 9.41. The molecule has 9 heteroatoms. The van der Waals surface area contributed by atoms with Crippen LogP contribution in [-0.4, -0.2) is 31.5 Å². The Kier molecular flexibility index (Phi) is 4.79. The second-order valence-corrected chi connectivity index (χ2v) is 8.91. The van der Waals surface area contributed by atoms with Gasteiger partial charge in [-0.15, -0.1) is 0 Å². The van der Waals surface area contributed by atoms with E-state index in [2.05, 4.69) is 30.6 Å². The second kappa shape index (κ2) is 7.51. The van der Waals surface area contributed by atoms with E-state index in [9.17, 15) is 4.79 Å². The Hall–Kier alpha value is -3.17. The number of halogens is 1. The van der Waals surface area contributed by atoms with Gasteiger partial charge in [0.25, 0.3) is 5.91 Å². The van der Waals surface area contributed by atoms with Crippen LogP contribution in [0.4, 0.5) is 0 Å². The molecule has 7 nitrogen and oxygen atoms in total. The Morgan fingerprint density at radius 2 is 1.97 bits per heavy atom. The van der Waals surface area contributed by atoms with Gasteiger partial charge < -0.3 is 8.98 Å². The number of hydrogen-bond donors (Lipinski definition) is 1. The number of fused-ring (bicyclic) bond motifs is 1. The molecule has 2 aliphatic heterocycles. The Morgan fingerprint density at radius 1 is 1.19 bits per heavy atom. The quantitative estimate of drug-likeness (QED) is 0.513. The van der Waals surface area contributed by atoms with Crippen LogP contribution >= 0.6 is 27.7 Å². The number of rotatable bonds is 3. The minimum Gasteiger partial charge on any atom is -0.462 e. The van der Waals surface area contributed by atoms with E-state index in [4.69, 9.17) is 9.83 Å². The highest BCUT2D eigenvalue weighted by atomic mass is 79.9. The van der Waals surface area contributed by atoms with Gasteiger partial charge in [-0.1, -0.05) is 15.9 Å². The average molecular weight is 494 g/mol. The maximum Gasteiger partial charge on any atom is 0.283 e. The maximum absolute atomic E-state index is 12.7. The van der Waals surface area contributed by atoms with Crippen LogP contribution in [0, 0.1) is 19.3 Å². The van der Waals surface area contributed by atoms with Crippen molar-refractivity contribution in [3.63, 3.8) is 0 Å². The first-order valence-corrected chi connectivity index (χ1v) is 11.0. The number of aliphatic imine (C=N–C) groups is 1. The number of amides is 1. The lowest BCUT2D eigenvalue weighted by Gasteiger charge is -2.20. The molecule has 0 saturated carbocycles. The summed E-state index contributed by atoms with van der Waals surface area (Å²) in [5, 5.41) is 15.3. The fourth-order valence-electron chi connectivity index (χ4n) is 3.57. The molecule has 1 aromatic carbocycles. The van der Waals surface area contributed by atoms with Crippen LogP contribution in [0.15, 0.2) is 73.3 Å². The first kappa shape index (κ1) is 19.8. The number of hydrazone groups is 1. The van der Waals surface area contributed by atoms with E-state index >= 15 is 0 Å². The summed E-state index contributed by atoms with van der Waals surface area (Å²) < 4.78 is 8.50. The summed E-state index contributed by atoms with van der Waals surface area (Å²) >= 11 is 4.67. The van der Waals surface area contributed by atoms with Gasteiger partial charge in [-0.25, -0.2) is 0 Å². The third kappa shape index (κ3) is 3.39. The molecule has 5 rings (SSSR count). The normalized spacial score (nSPS) is 17.3. The number of aryl methyl sites for hydroxylation is 1. The van der Waals surface area contributed by atoms with Crippen molar-refractivity contribution in [2.75, 3.05) is 0 Å². The minimum absolute atomic E-state index is 0.00231. The molecule has 0 fully saturated rings. The van der Waals surface area contributed by atoms with E-state index in [-0.39, 0.29) is 11.4 Å². The van der Waals surface area contributed by atoms with Gasteiger partial charge in [0.1, 0.15) is 0 Å². The largest absolute Gasteiger partial charge is 0.462 e. The molecule has 2 aliphatic rings. The number of aromatic nitrogens is 1. The minimum atomic E-state index is -0.451. The monoisotopic (exact) mass is 493 g/mol. The van der Waals surface area contributed by atoms with E-state index in [1.54, 1.807) is 24.5 Å². The summed E-state index contributed by atoms with van der Waals surface area (Å²) in [4.78, 5) is 16.9. The Labute approximate surface area is 190 Å². The second-order valence-electron chi connectivity index (χ2n) is 7.04. The Morgan fingerprint density at radius 3 is 2.68 bits per heavy atom. The number of nitrogens with zero attached hydrogens (tertiary/aromatic N) is 4. The summed E-state index contributed by atoms with van der Waals surface area (Å²) in [6.45, 7) is 4.00. The third-order valence-corrected chi connectivity index (χ3v) is 6.49. The highest BCUT2D eigenvalue weighted by Crippen LogP contribution is 2.32. The van der Waals surface area contributed by atoms with Crippen molar-refractivity contribution >= 4 is 55.7 Å². The number of thioether (sulfide) groups is 1. The topological polar surface area (TPSA) is 87.0 Å². The van der Waals surface area contributed by atoms with Crippen LogP contribution in [0.2, 0.25) is 0 Å². The van der Waals surface area contributed by atoms with Gasteiger partial charge >= 0.3 is 0 Å². The van der Waals surface area contributed by atoms with Crippen molar-refractivity contribution in [2.24, 2.45) is 10.1 Å². The van der Waals surface area contributed by atoms with E-state index in [1.165, 1.54) is 16.8 Å². The van der Waals surface area contributed by atoms with Crippen LogP contribution < -0.4 is 0 Å². The Bertz CT molecular complexity index is 1320. The number of carbonyl (C=O) groups is 1. The van der Waals surface area contributed by atoms with Crippen molar-refractivity contribution in [3.05, 3.63) is 81.5 Å². The molecular formula is C22H16BrN5O2S. The number of furan rings is 1. The van der Waals surface area contributed by atoms with Crippen molar-refractivity contribution in [2.45, 2.75) is 13.8 Å². The summed E-state index contributed by atoms with van der Waals surface area (Å²) in [5.41, 5.74) is 4.08. The van der Waals surface area contributed by atoms with Gasteiger partial charge in [-0.3, -0.25) is 10.2 Å². The van der Waals surface area contributed by atoms with Crippen molar-refractivity contribution in [3.8, 4) is 5.69 Å². The molecule has 0 saturated heterocycles. The SMILES string of the molecule is Cc1cc(C=C2C(=N)N3N=C(c4ccco4)SC3=NC2=O)c(C)n1-c1ccc(Br)cc1. The molecule has 31 heavy (non-hydrogen) atoms. The lowest BCUT2D eigenvalue weighted by molar-refractivity contribution is -0.114. The van der Waals surface area contributed by atoms with E-state index in [0.717, 1.165) is 27.1 Å². The van der Waals surface area contributed by atoms with Gasteiger partial charge in [-0.05, 0) is 79.7 Å². The van der Waals surface area contributed by atoms with Crippen LogP contribution in [-0.2, 0) is 4.79 Å². The predicted octanol–water partition coefficient (Wildman–Crippen LogP) is 5.12. The fourth-order valence-corrected chi connectivity index (χ4v) is 4.69. The number of nitrogens with one attached hydrogen (secondary N) is 1. The smallest absolute Gasteiger partial charge is 0.283 e. The zero-order valence-electron chi connectivity index (χ0n) is 16.6. The fraction of sp³-hybridized carbons (Fsp3) is 0.0909. The highest BCUT2D eigenvalue weighted by Gasteiger charge is 2.36.